The Morgan fingerprint density at radius 2 is 2.04 bits per heavy atom. The summed E-state index contributed by atoms with van der Waals surface area (Å²) in [6.07, 6.45) is 3.42. The van der Waals surface area contributed by atoms with E-state index >= 15 is 0 Å². The molecule has 1 aromatic carbocycles. The van der Waals surface area contributed by atoms with Crippen LogP contribution in [0.1, 0.15) is 24.4 Å². The average Bonchev–Trinajstić information content (AvgIpc) is 3.04. The third-order valence-corrected chi connectivity index (χ3v) is 4.13. The standard InChI is InChI=1S/C17H17ClN4O/c1-12(14-7-3-4-8-15(14)18)22(2)11-16-20-17(21-23-16)13-6-5-9-19-10-13/h3-10,12H,11H2,1-2H3/t12-/m1/s1. The van der Waals surface area contributed by atoms with E-state index in [0.717, 1.165) is 16.1 Å². The summed E-state index contributed by atoms with van der Waals surface area (Å²) in [6, 6.07) is 11.7. The summed E-state index contributed by atoms with van der Waals surface area (Å²) in [7, 11) is 2.00. The Hall–Kier alpha value is -2.24. The van der Waals surface area contributed by atoms with Crippen molar-refractivity contribution in [2.75, 3.05) is 7.05 Å². The molecule has 0 spiro atoms. The van der Waals surface area contributed by atoms with Crippen LogP contribution in [0.5, 0.6) is 0 Å². The molecule has 1 atom stereocenters. The lowest BCUT2D eigenvalue weighted by Crippen LogP contribution is -2.22. The lowest BCUT2D eigenvalue weighted by atomic mass is 10.1. The predicted octanol–water partition coefficient (Wildman–Crippen LogP) is 3.98. The van der Waals surface area contributed by atoms with E-state index in [0.29, 0.717) is 18.3 Å². The number of halogens is 1. The van der Waals surface area contributed by atoms with E-state index in [1.165, 1.54) is 0 Å². The molecule has 0 aliphatic carbocycles. The number of benzene rings is 1. The van der Waals surface area contributed by atoms with Crippen molar-refractivity contribution >= 4 is 11.6 Å². The normalized spacial score (nSPS) is 12.5. The van der Waals surface area contributed by atoms with Gasteiger partial charge < -0.3 is 4.52 Å². The molecule has 3 aromatic rings. The van der Waals surface area contributed by atoms with Crippen molar-refractivity contribution < 1.29 is 4.52 Å². The number of nitrogens with zero attached hydrogens (tertiary/aromatic N) is 4. The summed E-state index contributed by atoms with van der Waals surface area (Å²) in [5.41, 5.74) is 1.91. The quantitative estimate of drug-likeness (QED) is 0.709. The Labute approximate surface area is 139 Å². The van der Waals surface area contributed by atoms with Gasteiger partial charge in [0.25, 0.3) is 0 Å². The van der Waals surface area contributed by atoms with Crippen LogP contribution < -0.4 is 0 Å². The minimum absolute atomic E-state index is 0.137. The zero-order valence-electron chi connectivity index (χ0n) is 13.0. The van der Waals surface area contributed by atoms with Crippen molar-refractivity contribution in [3.05, 3.63) is 65.3 Å². The van der Waals surface area contributed by atoms with Crippen molar-refractivity contribution in [1.82, 2.24) is 20.0 Å². The monoisotopic (exact) mass is 328 g/mol. The number of hydrogen-bond donors (Lipinski definition) is 0. The highest BCUT2D eigenvalue weighted by Gasteiger charge is 2.17. The molecular formula is C17H17ClN4O. The molecule has 23 heavy (non-hydrogen) atoms. The molecule has 0 aliphatic rings. The van der Waals surface area contributed by atoms with E-state index in [-0.39, 0.29) is 6.04 Å². The fourth-order valence-electron chi connectivity index (χ4n) is 2.33. The van der Waals surface area contributed by atoms with E-state index in [9.17, 15) is 0 Å². The van der Waals surface area contributed by atoms with Gasteiger partial charge in [0.1, 0.15) is 0 Å². The molecule has 2 heterocycles. The molecule has 118 valence electrons. The Morgan fingerprint density at radius 3 is 2.78 bits per heavy atom. The maximum absolute atomic E-state index is 6.27. The third-order valence-electron chi connectivity index (χ3n) is 3.79. The van der Waals surface area contributed by atoms with Crippen molar-refractivity contribution in [3.63, 3.8) is 0 Å². The summed E-state index contributed by atoms with van der Waals surface area (Å²) in [5, 5.41) is 4.77. The molecule has 0 amide bonds. The molecule has 0 aliphatic heterocycles. The minimum Gasteiger partial charge on any atom is -0.338 e. The van der Waals surface area contributed by atoms with E-state index in [2.05, 4.69) is 26.9 Å². The van der Waals surface area contributed by atoms with E-state index in [1.807, 2.05) is 43.4 Å². The first-order chi connectivity index (χ1) is 11.1. The van der Waals surface area contributed by atoms with Crippen LogP contribution >= 0.6 is 11.6 Å². The number of aromatic nitrogens is 3. The molecule has 3 rings (SSSR count). The van der Waals surface area contributed by atoms with Gasteiger partial charge in [0.2, 0.25) is 11.7 Å². The summed E-state index contributed by atoms with van der Waals surface area (Å²) in [4.78, 5) is 10.6. The zero-order chi connectivity index (χ0) is 16.2. The summed E-state index contributed by atoms with van der Waals surface area (Å²) >= 11 is 6.27. The SMILES string of the molecule is C[C@H](c1ccccc1Cl)N(C)Cc1nc(-c2cccnc2)no1. The molecule has 2 aromatic heterocycles. The van der Waals surface area contributed by atoms with Gasteiger partial charge in [0.05, 0.1) is 6.54 Å². The van der Waals surface area contributed by atoms with Gasteiger partial charge in [0.15, 0.2) is 0 Å². The second-order valence-corrected chi connectivity index (χ2v) is 5.77. The Kier molecular flexibility index (Phi) is 4.69. The predicted molar refractivity (Wildman–Crippen MR) is 88.9 cm³/mol. The number of rotatable bonds is 5. The fourth-order valence-corrected chi connectivity index (χ4v) is 2.63. The molecule has 5 nitrogen and oxygen atoms in total. The Morgan fingerprint density at radius 1 is 1.22 bits per heavy atom. The van der Waals surface area contributed by atoms with Crippen LogP contribution in [-0.2, 0) is 6.54 Å². The van der Waals surface area contributed by atoms with Gasteiger partial charge in [-0.2, -0.15) is 4.98 Å². The van der Waals surface area contributed by atoms with Gasteiger partial charge in [-0.15, -0.1) is 0 Å². The summed E-state index contributed by atoms with van der Waals surface area (Å²) in [5.74, 6) is 1.11. The number of pyridine rings is 1. The van der Waals surface area contributed by atoms with E-state index in [4.69, 9.17) is 16.1 Å². The topological polar surface area (TPSA) is 55.1 Å². The van der Waals surface area contributed by atoms with Crippen molar-refractivity contribution in [2.24, 2.45) is 0 Å². The zero-order valence-corrected chi connectivity index (χ0v) is 13.7. The highest BCUT2D eigenvalue weighted by atomic mass is 35.5. The van der Waals surface area contributed by atoms with Crippen LogP contribution in [0.25, 0.3) is 11.4 Å². The first-order valence-corrected chi connectivity index (χ1v) is 7.70. The van der Waals surface area contributed by atoms with Crippen molar-refractivity contribution in [3.8, 4) is 11.4 Å². The van der Waals surface area contributed by atoms with E-state index < -0.39 is 0 Å². The number of hydrogen-bond acceptors (Lipinski definition) is 5. The minimum atomic E-state index is 0.137. The Bertz CT molecular complexity index is 775. The molecule has 6 heteroatoms. The highest BCUT2D eigenvalue weighted by molar-refractivity contribution is 6.31. The van der Waals surface area contributed by atoms with E-state index in [1.54, 1.807) is 12.4 Å². The second-order valence-electron chi connectivity index (χ2n) is 5.37. The molecule has 0 N–H and O–H groups in total. The van der Waals surface area contributed by atoms with Gasteiger partial charge in [-0.1, -0.05) is 35.0 Å². The summed E-state index contributed by atoms with van der Waals surface area (Å²) < 4.78 is 5.34. The maximum Gasteiger partial charge on any atom is 0.241 e. The molecule has 0 fully saturated rings. The van der Waals surface area contributed by atoms with Crippen molar-refractivity contribution in [1.29, 1.82) is 0 Å². The van der Waals surface area contributed by atoms with Crippen LogP contribution in [-0.4, -0.2) is 27.1 Å². The largest absolute Gasteiger partial charge is 0.338 e. The van der Waals surface area contributed by atoms with Gasteiger partial charge in [-0.05, 0) is 37.7 Å². The van der Waals surface area contributed by atoms with Crippen LogP contribution in [0.4, 0.5) is 0 Å². The van der Waals surface area contributed by atoms with Crippen LogP contribution in [0, 0.1) is 0 Å². The molecule has 0 saturated heterocycles. The van der Waals surface area contributed by atoms with Crippen LogP contribution in [0.3, 0.4) is 0 Å². The lowest BCUT2D eigenvalue weighted by Gasteiger charge is -2.24. The van der Waals surface area contributed by atoms with Crippen LogP contribution in [0.15, 0.2) is 53.3 Å². The molecular weight excluding hydrogens is 312 g/mol. The second kappa shape index (κ2) is 6.89. The van der Waals surface area contributed by atoms with Crippen LogP contribution in [0.2, 0.25) is 5.02 Å². The highest BCUT2D eigenvalue weighted by Crippen LogP contribution is 2.27. The van der Waals surface area contributed by atoms with Gasteiger partial charge >= 0.3 is 0 Å². The first-order valence-electron chi connectivity index (χ1n) is 7.33. The smallest absolute Gasteiger partial charge is 0.241 e. The lowest BCUT2D eigenvalue weighted by molar-refractivity contribution is 0.216. The fraction of sp³-hybridized carbons (Fsp3) is 0.235. The van der Waals surface area contributed by atoms with Gasteiger partial charge in [-0.25, -0.2) is 0 Å². The maximum atomic E-state index is 6.27. The van der Waals surface area contributed by atoms with Crippen molar-refractivity contribution in [2.45, 2.75) is 19.5 Å². The summed E-state index contributed by atoms with van der Waals surface area (Å²) in [6.45, 7) is 2.64. The van der Waals surface area contributed by atoms with Gasteiger partial charge in [0, 0.05) is 29.0 Å². The Balaban J connectivity index is 1.72. The molecule has 0 bridgehead atoms. The molecule has 0 radical (unpaired) electrons. The molecule has 0 saturated carbocycles. The molecule has 0 unspecified atom stereocenters. The van der Waals surface area contributed by atoms with Gasteiger partial charge in [-0.3, -0.25) is 9.88 Å². The average molecular weight is 329 g/mol. The first kappa shape index (κ1) is 15.6. The third kappa shape index (κ3) is 3.57.